The maximum atomic E-state index is 12.2. The third-order valence-electron chi connectivity index (χ3n) is 4.08. The quantitative estimate of drug-likeness (QED) is 0.722. The van der Waals surface area contributed by atoms with Crippen molar-refractivity contribution in [1.82, 2.24) is 25.5 Å². The van der Waals surface area contributed by atoms with Gasteiger partial charge in [-0.05, 0) is 41.8 Å². The van der Waals surface area contributed by atoms with Crippen LogP contribution in [0.5, 0.6) is 0 Å². The van der Waals surface area contributed by atoms with Crippen LogP contribution in [-0.2, 0) is 17.8 Å². The molecule has 134 valence electrons. The number of benzene rings is 2. The number of aryl methyl sites for hydroxylation is 1. The zero-order valence-corrected chi connectivity index (χ0v) is 15.4. The molecule has 7 heteroatoms. The fourth-order valence-electron chi connectivity index (χ4n) is 2.59. The predicted molar refractivity (Wildman–Crippen MR) is 101 cm³/mol. The Bertz CT molecular complexity index is 891. The van der Waals surface area contributed by atoms with E-state index in [4.69, 9.17) is 11.6 Å². The van der Waals surface area contributed by atoms with Gasteiger partial charge in [0.05, 0.1) is 6.04 Å². The maximum absolute atomic E-state index is 12.2. The second kappa shape index (κ2) is 8.10. The summed E-state index contributed by atoms with van der Waals surface area (Å²) < 4.78 is 0. The van der Waals surface area contributed by atoms with Gasteiger partial charge in [0.2, 0.25) is 11.7 Å². The Labute approximate surface area is 157 Å². The lowest BCUT2D eigenvalue weighted by atomic mass is 10.1. The number of aromatic nitrogens is 4. The van der Waals surface area contributed by atoms with E-state index < -0.39 is 0 Å². The highest BCUT2D eigenvalue weighted by molar-refractivity contribution is 6.30. The molecule has 6 nitrogen and oxygen atoms in total. The molecule has 3 rings (SSSR count). The number of nitrogens with zero attached hydrogens (tertiary/aromatic N) is 4. The molecule has 1 amide bonds. The van der Waals surface area contributed by atoms with Gasteiger partial charge in [-0.25, -0.2) is 0 Å². The molecule has 0 saturated heterocycles. The van der Waals surface area contributed by atoms with Gasteiger partial charge < -0.3 is 5.32 Å². The van der Waals surface area contributed by atoms with Crippen molar-refractivity contribution in [2.45, 2.75) is 32.9 Å². The van der Waals surface area contributed by atoms with E-state index in [0.29, 0.717) is 10.8 Å². The normalized spacial score (nSPS) is 12.0. The summed E-state index contributed by atoms with van der Waals surface area (Å²) in [6.45, 7) is 4.01. The molecule has 3 aromatic rings. The number of nitrogens with one attached hydrogen (secondary N) is 1. The van der Waals surface area contributed by atoms with Crippen molar-refractivity contribution < 1.29 is 4.79 Å². The minimum Gasteiger partial charge on any atom is -0.348 e. The summed E-state index contributed by atoms with van der Waals surface area (Å²) in [7, 11) is 0. The number of carbonyl (C=O) groups is 1. The average Bonchev–Trinajstić information content (AvgIpc) is 3.10. The number of rotatable bonds is 6. The molecule has 0 aliphatic rings. The van der Waals surface area contributed by atoms with Crippen LogP contribution in [0.25, 0.3) is 11.4 Å². The number of halogens is 1. The molecule has 0 aliphatic heterocycles. The Balaban J connectivity index is 1.62. The average molecular weight is 370 g/mol. The molecule has 1 N–H and O–H groups in total. The van der Waals surface area contributed by atoms with Gasteiger partial charge in [0.25, 0.3) is 0 Å². The van der Waals surface area contributed by atoms with Gasteiger partial charge in [0, 0.05) is 10.6 Å². The number of tetrazole rings is 1. The molecular formula is C19H20ClN5O. The van der Waals surface area contributed by atoms with E-state index in [1.807, 2.05) is 49.4 Å². The second-order valence-electron chi connectivity index (χ2n) is 6.04. The molecule has 0 unspecified atom stereocenters. The molecule has 0 radical (unpaired) electrons. The van der Waals surface area contributed by atoms with Crippen molar-refractivity contribution in [2.75, 3.05) is 0 Å². The maximum Gasteiger partial charge on any atom is 0.244 e. The van der Waals surface area contributed by atoms with E-state index in [1.165, 1.54) is 10.4 Å². The Hall–Kier alpha value is -2.73. The van der Waals surface area contributed by atoms with Crippen molar-refractivity contribution in [2.24, 2.45) is 0 Å². The Morgan fingerprint density at radius 3 is 2.69 bits per heavy atom. The lowest BCUT2D eigenvalue weighted by Crippen LogP contribution is -2.30. The van der Waals surface area contributed by atoms with E-state index in [0.717, 1.165) is 17.5 Å². The lowest BCUT2D eigenvalue weighted by Gasteiger charge is -2.14. The minimum absolute atomic E-state index is 0.00491. The Kier molecular flexibility index (Phi) is 5.63. The summed E-state index contributed by atoms with van der Waals surface area (Å²) in [5.41, 5.74) is 3.06. The molecule has 2 aromatic carbocycles. The summed E-state index contributed by atoms with van der Waals surface area (Å²) in [5, 5.41) is 15.8. The summed E-state index contributed by atoms with van der Waals surface area (Å²) in [5.74, 6) is 0.311. The number of hydrogen-bond donors (Lipinski definition) is 1. The molecule has 1 aromatic heterocycles. The van der Waals surface area contributed by atoms with Crippen molar-refractivity contribution in [3.8, 4) is 11.4 Å². The van der Waals surface area contributed by atoms with E-state index in [9.17, 15) is 4.79 Å². The standard InChI is InChI=1S/C19H20ClN5O/c1-3-14-7-9-15(10-8-14)19-22-24-25(23-19)12-18(26)21-13(2)16-5-4-6-17(20)11-16/h4-11,13H,3,12H2,1-2H3,(H,21,26)/t13-/m0/s1. The number of carbonyl (C=O) groups excluding carboxylic acids is 1. The first-order chi connectivity index (χ1) is 12.5. The largest absolute Gasteiger partial charge is 0.348 e. The van der Waals surface area contributed by atoms with Crippen LogP contribution in [0.3, 0.4) is 0 Å². The van der Waals surface area contributed by atoms with E-state index >= 15 is 0 Å². The molecule has 0 saturated carbocycles. The zero-order chi connectivity index (χ0) is 18.5. The Morgan fingerprint density at radius 1 is 1.23 bits per heavy atom. The molecule has 0 aliphatic carbocycles. The summed E-state index contributed by atoms with van der Waals surface area (Å²) in [6, 6.07) is 15.2. The van der Waals surface area contributed by atoms with Gasteiger partial charge in [-0.1, -0.05) is 54.9 Å². The highest BCUT2D eigenvalue weighted by atomic mass is 35.5. The van der Waals surface area contributed by atoms with Crippen LogP contribution in [0, 0.1) is 0 Å². The first kappa shape index (κ1) is 18.1. The van der Waals surface area contributed by atoms with Gasteiger partial charge >= 0.3 is 0 Å². The van der Waals surface area contributed by atoms with Gasteiger partial charge in [-0.2, -0.15) is 4.80 Å². The highest BCUT2D eigenvalue weighted by Gasteiger charge is 2.13. The number of hydrogen-bond acceptors (Lipinski definition) is 4. The molecule has 1 atom stereocenters. The van der Waals surface area contributed by atoms with Gasteiger partial charge in [0.15, 0.2) is 0 Å². The monoisotopic (exact) mass is 369 g/mol. The van der Waals surface area contributed by atoms with E-state index in [2.05, 4.69) is 27.7 Å². The minimum atomic E-state index is -0.192. The van der Waals surface area contributed by atoms with E-state index in [-0.39, 0.29) is 18.5 Å². The van der Waals surface area contributed by atoms with Crippen molar-refractivity contribution >= 4 is 17.5 Å². The molecular weight excluding hydrogens is 350 g/mol. The zero-order valence-electron chi connectivity index (χ0n) is 14.7. The molecule has 0 bridgehead atoms. The predicted octanol–water partition coefficient (Wildman–Crippen LogP) is 3.43. The van der Waals surface area contributed by atoms with Gasteiger partial charge in [-0.3, -0.25) is 4.79 Å². The first-order valence-corrected chi connectivity index (χ1v) is 8.85. The fourth-order valence-corrected chi connectivity index (χ4v) is 2.79. The van der Waals surface area contributed by atoms with E-state index in [1.54, 1.807) is 6.07 Å². The van der Waals surface area contributed by atoms with Crippen molar-refractivity contribution in [3.63, 3.8) is 0 Å². The van der Waals surface area contributed by atoms with Crippen LogP contribution >= 0.6 is 11.6 Å². The molecule has 0 spiro atoms. The lowest BCUT2D eigenvalue weighted by molar-refractivity contribution is -0.122. The van der Waals surface area contributed by atoms with Crippen LogP contribution in [0.1, 0.15) is 31.0 Å². The fraction of sp³-hybridized carbons (Fsp3) is 0.263. The summed E-state index contributed by atoms with van der Waals surface area (Å²) >= 11 is 5.99. The molecule has 0 fully saturated rings. The van der Waals surface area contributed by atoms with Crippen molar-refractivity contribution in [1.29, 1.82) is 0 Å². The third-order valence-corrected chi connectivity index (χ3v) is 4.32. The summed E-state index contributed by atoms with van der Waals surface area (Å²) in [6.07, 6.45) is 0.978. The molecule has 1 heterocycles. The van der Waals surface area contributed by atoms with Crippen LogP contribution < -0.4 is 5.32 Å². The SMILES string of the molecule is CCc1ccc(-c2nnn(CC(=O)N[C@@H](C)c3cccc(Cl)c3)n2)cc1. The topological polar surface area (TPSA) is 72.7 Å². The Morgan fingerprint density at radius 2 is 2.00 bits per heavy atom. The first-order valence-electron chi connectivity index (χ1n) is 8.47. The van der Waals surface area contributed by atoms with Gasteiger partial charge in [0.1, 0.15) is 6.54 Å². The highest BCUT2D eigenvalue weighted by Crippen LogP contribution is 2.17. The van der Waals surface area contributed by atoms with Crippen LogP contribution in [0.15, 0.2) is 48.5 Å². The second-order valence-corrected chi connectivity index (χ2v) is 6.47. The van der Waals surface area contributed by atoms with Crippen LogP contribution in [0.4, 0.5) is 0 Å². The van der Waals surface area contributed by atoms with Crippen molar-refractivity contribution in [3.05, 3.63) is 64.7 Å². The summed E-state index contributed by atoms with van der Waals surface area (Å²) in [4.78, 5) is 13.5. The smallest absolute Gasteiger partial charge is 0.244 e. The van der Waals surface area contributed by atoms with Crippen LogP contribution in [0.2, 0.25) is 5.02 Å². The van der Waals surface area contributed by atoms with Gasteiger partial charge in [-0.15, -0.1) is 10.2 Å². The van der Waals surface area contributed by atoms with Crippen LogP contribution in [-0.4, -0.2) is 26.1 Å². The third kappa shape index (κ3) is 4.46. The molecule has 26 heavy (non-hydrogen) atoms. The number of amides is 1.